The Bertz CT molecular complexity index is 1040. The van der Waals surface area contributed by atoms with Crippen molar-refractivity contribution in [3.63, 3.8) is 0 Å². The maximum Gasteiger partial charge on any atom is 0.330 e. The fourth-order valence-electron chi connectivity index (χ4n) is 4.65. The number of ether oxygens (including phenoxy) is 1. The lowest BCUT2D eigenvalue weighted by molar-refractivity contribution is -0.0292. The summed E-state index contributed by atoms with van der Waals surface area (Å²) in [4.78, 5) is 26.2. The molecule has 4 rings (SSSR count). The maximum atomic E-state index is 12.2. The average molecular weight is 487 g/mol. The van der Waals surface area contributed by atoms with E-state index in [-0.39, 0.29) is 23.2 Å². The quantitative estimate of drug-likeness (QED) is 0.491. The minimum absolute atomic E-state index is 0.184. The number of hydrogen-bond acceptors (Lipinski definition) is 7. The number of allylic oxidation sites excluding steroid dienone is 1. The first kappa shape index (κ1) is 23.5. The normalized spacial score (nSPS) is 40.1. The van der Waals surface area contributed by atoms with Crippen LogP contribution in [0.4, 0.5) is 0 Å². The number of nitrogens with zero attached hydrogens (tertiary/aromatic N) is 1. The van der Waals surface area contributed by atoms with Gasteiger partial charge in [0.25, 0.3) is 5.56 Å². The summed E-state index contributed by atoms with van der Waals surface area (Å²) in [6.45, 7) is 12.5. The van der Waals surface area contributed by atoms with Crippen LogP contribution in [0.5, 0.6) is 0 Å². The molecule has 31 heavy (non-hydrogen) atoms. The largest absolute Gasteiger partial charge is 0.352 e. The highest BCUT2D eigenvalue weighted by molar-refractivity contribution is 8.68. The summed E-state index contributed by atoms with van der Waals surface area (Å²) in [6.07, 6.45) is 4.68. The third-order valence-electron chi connectivity index (χ3n) is 6.84. The predicted molar refractivity (Wildman–Crippen MR) is 127 cm³/mol. The van der Waals surface area contributed by atoms with Crippen LogP contribution >= 0.6 is 17.1 Å². The van der Waals surface area contributed by atoms with Crippen LogP contribution in [-0.4, -0.2) is 33.1 Å². The molecule has 0 spiro atoms. The van der Waals surface area contributed by atoms with Crippen molar-refractivity contribution in [3.05, 3.63) is 44.8 Å². The number of hydrogen-bond donors (Lipinski definition) is 1. The Kier molecular flexibility index (Phi) is 6.49. The van der Waals surface area contributed by atoms with Crippen molar-refractivity contribution in [2.45, 2.75) is 76.6 Å². The first-order valence-corrected chi connectivity index (χ1v) is 14.9. The summed E-state index contributed by atoms with van der Waals surface area (Å²) in [5.74, 6) is 0.706. The van der Waals surface area contributed by atoms with Gasteiger partial charge in [-0.3, -0.25) is 14.3 Å². The van der Waals surface area contributed by atoms with Crippen LogP contribution in [0.1, 0.15) is 58.2 Å². The summed E-state index contributed by atoms with van der Waals surface area (Å²) < 4.78 is 20.2. The van der Waals surface area contributed by atoms with Crippen LogP contribution in [0.2, 0.25) is 0 Å². The molecular weight excluding hydrogens is 455 g/mol. The number of rotatable bonds is 5. The van der Waals surface area contributed by atoms with E-state index in [2.05, 4.69) is 32.3 Å². The average Bonchev–Trinajstić information content (AvgIpc) is 3.18. The third kappa shape index (κ3) is 4.68. The number of nitrogens with one attached hydrogen (secondary N) is 1. The number of aromatic amines is 1. The number of aromatic nitrogens is 2. The van der Waals surface area contributed by atoms with Crippen molar-refractivity contribution in [2.75, 3.05) is 6.61 Å². The first-order valence-electron chi connectivity index (χ1n) is 10.8. The smallest absolute Gasteiger partial charge is 0.330 e. The molecule has 2 aliphatic heterocycles. The van der Waals surface area contributed by atoms with Gasteiger partial charge in [0.1, 0.15) is 6.23 Å². The summed E-state index contributed by atoms with van der Waals surface area (Å²) in [6, 6.07) is 0. The molecule has 1 saturated carbocycles. The molecule has 10 heteroatoms. The number of H-pyrrole nitrogens is 1. The molecule has 1 aromatic rings. The molecule has 0 bridgehead atoms. The molecule has 0 aromatic carbocycles. The Morgan fingerprint density at radius 1 is 1.48 bits per heavy atom. The van der Waals surface area contributed by atoms with Crippen molar-refractivity contribution in [3.8, 4) is 0 Å². The van der Waals surface area contributed by atoms with Crippen LogP contribution in [0.25, 0.3) is 0 Å². The van der Waals surface area contributed by atoms with Crippen molar-refractivity contribution in [1.82, 2.24) is 9.55 Å². The topological polar surface area (TPSA) is 82.6 Å². The van der Waals surface area contributed by atoms with Crippen molar-refractivity contribution in [1.29, 1.82) is 0 Å². The molecule has 3 heterocycles. The van der Waals surface area contributed by atoms with E-state index in [9.17, 15) is 9.59 Å². The Hall–Kier alpha value is -0.700. The molecule has 3 fully saturated rings. The summed E-state index contributed by atoms with van der Waals surface area (Å²) in [5, 5.41) is 0.325. The second-order valence-electron chi connectivity index (χ2n) is 9.38. The summed E-state index contributed by atoms with van der Waals surface area (Å²) in [5.41, 5.74) is -1.83. The lowest BCUT2D eigenvalue weighted by Gasteiger charge is -2.37. The Morgan fingerprint density at radius 3 is 2.94 bits per heavy atom. The zero-order valence-corrected chi connectivity index (χ0v) is 21.0. The van der Waals surface area contributed by atoms with E-state index in [1.54, 1.807) is 24.5 Å². The van der Waals surface area contributed by atoms with E-state index in [0.717, 1.165) is 19.3 Å². The molecule has 172 valence electrons. The fourth-order valence-corrected chi connectivity index (χ4v) is 11.5. The Morgan fingerprint density at radius 2 is 2.23 bits per heavy atom. The molecule has 1 aromatic heterocycles. The van der Waals surface area contributed by atoms with Gasteiger partial charge in [0.15, 0.2) is 0 Å². The molecule has 2 unspecified atom stereocenters. The molecule has 3 aliphatic rings. The van der Waals surface area contributed by atoms with Crippen LogP contribution in [0, 0.1) is 18.8 Å². The van der Waals surface area contributed by atoms with Gasteiger partial charge < -0.3 is 13.8 Å². The van der Waals surface area contributed by atoms with Gasteiger partial charge in [0.2, 0.25) is 5.69 Å². The molecule has 1 N–H and O–H groups in total. The second-order valence-corrected chi connectivity index (χ2v) is 15.7. The Labute approximate surface area is 191 Å². The maximum absolute atomic E-state index is 12.2. The van der Waals surface area contributed by atoms with Gasteiger partial charge in [-0.25, -0.2) is 4.79 Å². The zero-order valence-electron chi connectivity index (χ0n) is 18.5. The first-order chi connectivity index (χ1) is 14.5. The predicted octanol–water partition coefficient (Wildman–Crippen LogP) is 4.28. The van der Waals surface area contributed by atoms with E-state index in [1.165, 1.54) is 10.1 Å². The number of fused-ring (bicyclic) bond motifs is 1. The molecule has 0 amide bonds. The highest BCUT2D eigenvalue weighted by Crippen LogP contribution is 2.74. The second kappa shape index (κ2) is 8.58. The van der Waals surface area contributed by atoms with Gasteiger partial charge in [-0.15, -0.1) is 0 Å². The van der Waals surface area contributed by atoms with E-state index in [4.69, 9.17) is 25.6 Å². The molecule has 7 nitrogen and oxygen atoms in total. The lowest BCUT2D eigenvalue weighted by Crippen LogP contribution is -2.40. The van der Waals surface area contributed by atoms with Crippen LogP contribution in [-0.2, 0) is 25.6 Å². The standard InChI is InChI=1S/C21H31N2O5PS2/c1-12(2)15-6-7-21(5)17(9-15)31-29(30,28-21)26-11-16-13(3)8-18(27-16)23-10-14(4)19(24)22-20(23)25/h10,13,15-18H,1,6-9,11H2,2-5H3,(H,22,24,25)/t13-,15-,16+,17?,18+,21+,29?/m0/s1. The molecule has 0 radical (unpaired) electrons. The third-order valence-corrected chi connectivity index (χ3v) is 12.5. The van der Waals surface area contributed by atoms with Crippen molar-refractivity contribution in [2.24, 2.45) is 11.8 Å². The van der Waals surface area contributed by atoms with Gasteiger partial charge in [0.05, 0.1) is 18.3 Å². The minimum Gasteiger partial charge on any atom is -0.352 e. The SMILES string of the molecule is C=C(C)[C@H]1CC[C@@]2(C)OP(=S)(OC[C@H]3O[C@@H](n4cc(C)c(=O)[nH]c4=O)C[C@@H]3C)SC2C1. The van der Waals surface area contributed by atoms with Crippen molar-refractivity contribution >= 4 is 28.9 Å². The highest BCUT2D eigenvalue weighted by atomic mass is 32.9. The van der Waals surface area contributed by atoms with Gasteiger partial charge >= 0.3 is 5.69 Å². The Balaban J connectivity index is 1.40. The molecular formula is C21H31N2O5PS2. The lowest BCUT2D eigenvalue weighted by atomic mass is 9.77. The minimum atomic E-state index is -2.47. The fraction of sp³-hybridized carbons (Fsp3) is 0.714. The monoisotopic (exact) mass is 486 g/mol. The van der Waals surface area contributed by atoms with Gasteiger partial charge in [-0.1, -0.05) is 30.5 Å². The van der Waals surface area contributed by atoms with E-state index in [1.807, 2.05) is 0 Å². The van der Waals surface area contributed by atoms with Crippen molar-refractivity contribution < 1.29 is 13.8 Å². The molecule has 2 saturated heterocycles. The van der Waals surface area contributed by atoms with E-state index >= 15 is 0 Å². The highest BCUT2D eigenvalue weighted by Gasteiger charge is 2.53. The number of aryl methyl sites for hydroxylation is 1. The molecule has 1 aliphatic carbocycles. The van der Waals surface area contributed by atoms with Crippen LogP contribution < -0.4 is 11.2 Å². The van der Waals surface area contributed by atoms with E-state index in [0.29, 0.717) is 29.8 Å². The summed E-state index contributed by atoms with van der Waals surface area (Å²) >= 11 is 7.56. The van der Waals surface area contributed by atoms with E-state index < -0.39 is 17.6 Å². The molecule has 7 atom stereocenters. The van der Waals surface area contributed by atoms with Crippen LogP contribution in [0.3, 0.4) is 0 Å². The van der Waals surface area contributed by atoms with Crippen LogP contribution in [0.15, 0.2) is 27.9 Å². The van der Waals surface area contributed by atoms with Gasteiger partial charge in [0, 0.05) is 17.0 Å². The summed E-state index contributed by atoms with van der Waals surface area (Å²) in [7, 11) is 0. The zero-order chi connectivity index (χ0) is 22.6. The van der Waals surface area contributed by atoms with Gasteiger partial charge in [-0.05, 0) is 70.1 Å². The van der Waals surface area contributed by atoms with Gasteiger partial charge in [-0.2, -0.15) is 0 Å².